The summed E-state index contributed by atoms with van der Waals surface area (Å²) < 4.78 is 11.0. The Hall–Kier alpha value is -1.18. The number of aryl methyl sites for hydroxylation is 1. The van der Waals surface area contributed by atoms with E-state index in [1.807, 2.05) is 33.2 Å². The van der Waals surface area contributed by atoms with Crippen LogP contribution in [-0.2, 0) is 16.0 Å². The van der Waals surface area contributed by atoms with Crippen LogP contribution in [0.15, 0.2) is 5.51 Å². The predicted molar refractivity (Wildman–Crippen MR) is 86.1 cm³/mol. The van der Waals surface area contributed by atoms with E-state index in [1.54, 1.807) is 16.2 Å². The number of nitrogens with one attached hydrogen (secondary N) is 1. The number of thiazole rings is 1. The van der Waals surface area contributed by atoms with E-state index in [2.05, 4.69) is 10.3 Å². The second-order valence-electron chi connectivity index (χ2n) is 6.39. The van der Waals surface area contributed by atoms with Gasteiger partial charge >= 0.3 is 6.09 Å². The van der Waals surface area contributed by atoms with Gasteiger partial charge < -0.3 is 14.8 Å². The number of aromatic nitrogens is 1. The first-order valence-corrected chi connectivity index (χ1v) is 8.42. The third-order valence-electron chi connectivity index (χ3n) is 3.37. The minimum Gasteiger partial charge on any atom is -0.444 e. The number of amides is 1. The Morgan fingerprint density at radius 3 is 3.00 bits per heavy atom. The highest BCUT2D eigenvalue weighted by molar-refractivity contribution is 7.09. The second-order valence-corrected chi connectivity index (χ2v) is 7.33. The van der Waals surface area contributed by atoms with Gasteiger partial charge in [0.25, 0.3) is 0 Å². The summed E-state index contributed by atoms with van der Waals surface area (Å²) in [5, 5.41) is 3.39. The fourth-order valence-corrected chi connectivity index (χ4v) is 2.98. The zero-order valence-electron chi connectivity index (χ0n) is 13.7. The number of hydrogen-bond donors (Lipinski definition) is 1. The Labute approximate surface area is 135 Å². The molecule has 1 unspecified atom stereocenters. The summed E-state index contributed by atoms with van der Waals surface area (Å²) >= 11 is 1.64. The number of nitrogens with zero attached hydrogens (tertiary/aromatic N) is 2. The van der Waals surface area contributed by atoms with Crippen LogP contribution in [0.25, 0.3) is 0 Å². The molecule has 0 radical (unpaired) electrons. The summed E-state index contributed by atoms with van der Waals surface area (Å²) in [6.07, 6.45) is -0.267. The molecule has 124 valence electrons. The molecule has 0 aromatic carbocycles. The van der Waals surface area contributed by atoms with Gasteiger partial charge in [0.2, 0.25) is 0 Å². The van der Waals surface area contributed by atoms with Crippen LogP contribution in [0.2, 0.25) is 0 Å². The number of carbonyl (C=O) groups excluding carboxylic acids is 1. The Morgan fingerprint density at radius 1 is 1.59 bits per heavy atom. The molecule has 1 N–H and O–H groups in total. The third kappa shape index (κ3) is 4.93. The number of rotatable bonds is 4. The van der Waals surface area contributed by atoms with Crippen molar-refractivity contribution in [3.8, 4) is 0 Å². The molecule has 0 aliphatic carbocycles. The van der Waals surface area contributed by atoms with E-state index in [4.69, 9.17) is 9.47 Å². The van der Waals surface area contributed by atoms with Gasteiger partial charge in [0.1, 0.15) is 5.60 Å². The van der Waals surface area contributed by atoms with Crippen LogP contribution in [0, 0.1) is 6.92 Å². The summed E-state index contributed by atoms with van der Waals surface area (Å²) in [6, 6.07) is -0.00294. The van der Waals surface area contributed by atoms with Gasteiger partial charge in [-0.15, -0.1) is 11.3 Å². The van der Waals surface area contributed by atoms with Crippen LogP contribution in [0.3, 0.4) is 0 Å². The molecule has 1 atom stereocenters. The van der Waals surface area contributed by atoms with Crippen LogP contribution in [-0.4, -0.2) is 53.9 Å². The molecule has 7 heteroatoms. The molecule has 1 aromatic rings. The number of ether oxygens (including phenoxy) is 2. The highest BCUT2D eigenvalue weighted by Crippen LogP contribution is 2.15. The average molecular weight is 327 g/mol. The van der Waals surface area contributed by atoms with Gasteiger partial charge in [0, 0.05) is 24.5 Å². The zero-order valence-corrected chi connectivity index (χ0v) is 14.5. The van der Waals surface area contributed by atoms with Crippen molar-refractivity contribution in [2.75, 3.05) is 26.3 Å². The maximum atomic E-state index is 12.3. The lowest BCUT2D eigenvalue weighted by Gasteiger charge is -2.36. The Kier molecular flexibility index (Phi) is 5.77. The van der Waals surface area contributed by atoms with Gasteiger partial charge in [-0.3, -0.25) is 4.90 Å². The van der Waals surface area contributed by atoms with Crippen molar-refractivity contribution in [3.63, 3.8) is 0 Å². The summed E-state index contributed by atoms with van der Waals surface area (Å²) in [5.74, 6) is 0. The topological polar surface area (TPSA) is 63.7 Å². The lowest BCUT2D eigenvalue weighted by Crippen LogP contribution is -2.54. The molecule has 0 saturated carbocycles. The van der Waals surface area contributed by atoms with Gasteiger partial charge in [0.05, 0.1) is 30.5 Å². The molecule has 1 aliphatic rings. The van der Waals surface area contributed by atoms with E-state index in [9.17, 15) is 4.79 Å². The predicted octanol–water partition coefficient (Wildman–Crippen LogP) is 2.18. The molecule has 0 spiro atoms. The standard InChI is InChI=1S/C15H25N3O3S/c1-11-13(22-10-17-11)8-16-7-12-9-20-6-5-18(12)14(19)21-15(2,3)4/h10,12,16H,5-9H2,1-4H3. The normalized spacial score (nSPS) is 19.3. The van der Waals surface area contributed by atoms with E-state index in [1.165, 1.54) is 4.88 Å². The Morgan fingerprint density at radius 2 is 2.36 bits per heavy atom. The third-order valence-corrected chi connectivity index (χ3v) is 4.30. The van der Waals surface area contributed by atoms with Crippen LogP contribution >= 0.6 is 11.3 Å². The highest BCUT2D eigenvalue weighted by Gasteiger charge is 2.30. The fourth-order valence-electron chi connectivity index (χ4n) is 2.23. The summed E-state index contributed by atoms with van der Waals surface area (Å²) in [6.45, 7) is 10.7. The van der Waals surface area contributed by atoms with E-state index < -0.39 is 5.60 Å². The molecule has 1 fully saturated rings. The molecule has 6 nitrogen and oxygen atoms in total. The van der Waals surface area contributed by atoms with Crippen molar-refractivity contribution >= 4 is 17.4 Å². The molecule has 2 heterocycles. The van der Waals surface area contributed by atoms with E-state index in [0.29, 0.717) is 26.3 Å². The molecule has 0 bridgehead atoms. The largest absolute Gasteiger partial charge is 0.444 e. The fraction of sp³-hybridized carbons (Fsp3) is 0.733. The molecular formula is C15H25N3O3S. The van der Waals surface area contributed by atoms with Gasteiger partial charge in [0.15, 0.2) is 0 Å². The number of carbonyl (C=O) groups is 1. The Balaban J connectivity index is 1.87. The summed E-state index contributed by atoms with van der Waals surface area (Å²) in [4.78, 5) is 19.5. The van der Waals surface area contributed by atoms with Crippen molar-refractivity contribution in [1.82, 2.24) is 15.2 Å². The van der Waals surface area contributed by atoms with E-state index >= 15 is 0 Å². The Bertz CT molecular complexity index is 498. The number of morpholine rings is 1. The zero-order chi connectivity index (χ0) is 16.2. The van der Waals surface area contributed by atoms with Gasteiger partial charge in [-0.2, -0.15) is 0 Å². The smallest absolute Gasteiger partial charge is 0.410 e. The molecule has 1 aliphatic heterocycles. The molecule has 1 saturated heterocycles. The minimum atomic E-state index is -0.479. The number of hydrogen-bond acceptors (Lipinski definition) is 6. The highest BCUT2D eigenvalue weighted by atomic mass is 32.1. The maximum Gasteiger partial charge on any atom is 0.410 e. The first-order valence-electron chi connectivity index (χ1n) is 7.54. The summed E-state index contributed by atoms with van der Waals surface area (Å²) in [7, 11) is 0. The van der Waals surface area contributed by atoms with Crippen LogP contribution < -0.4 is 5.32 Å². The van der Waals surface area contributed by atoms with Crippen LogP contribution in [0.1, 0.15) is 31.3 Å². The van der Waals surface area contributed by atoms with E-state index in [0.717, 1.165) is 12.2 Å². The van der Waals surface area contributed by atoms with Crippen molar-refractivity contribution in [3.05, 3.63) is 16.1 Å². The molecule has 1 aromatic heterocycles. The first kappa shape index (κ1) is 17.2. The first-order chi connectivity index (χ1) is 10.4. The van der Waals surface area contributed by atoms with E-state index in [-0.39, 0.29) is 12.1 Å². The lowest BCUT2D eigenvalue weighted by molar-refractivity contribution is -0.0317. The molecule has 2 rings (SSSR count). The monoisotopic (exact) mass is 327 g/mol. The van der Waals surface area contributed by atoms with Crippen LogP contribution in [0.4, 0.5) is 4.79 Å². The minimum absolute atomic E-state index is 0.00294. The second kappa shape index (κ2) is 7.39. The van der Waals surface area contributed by atoms with Crippen molar-refractivity contribution in [1.29, 1.82) is 0 Å². The lowest BCUT2D eigenvalue weighted by atomic mass is 10.2. The molecular weight excluding hydrogens is 302 g/mol. The maximum absolute atomic E-state index is 12.3. The van der Waals surface area contributed by atoms with Gasteiger partial charge in [-0.05, 0) is 27.7 Å². The molecule has 22 heavy (non-hydrogen) atoms. The quantitative estimate of drug-likeness (QED) is 0.918. The van der Waals surface area contributed by atoms with Crippen molar-refractivity contribution < 1.29 is 14.3 Å². The summed E-state index contributed by atoms with van der Waals surface area (Å²) in [5.41, 5.74) is 2.43. The average Bonchev–Trinajstić information content (AvgIpc) is 2.83. The molecule has 1 amide bonds. The van der Waals surface area contributed by atoms with Gasteiger partial charge in [-0.1, -0.05) is 0 Å². The SMILES string of the molecule is Cc1ncsc1CNCC1COCCN1C(=O)OC(C)(C)C. The van der Waals surface area contributed by atoms with Gasteiger partial charge in [-0.25, -0.2) is 9.78 Å². The van der Waals surface area contributed by atoms with Crippen molar-refractivity contribution in [2.24, 2.45) is 0 Å². The van der Waals surface area contributed by atoms with Crippen LogP contribution in [0.5, 0.6) is 0 Å². The van der Waals surface area contributed by atoms with Crippen molar-refractivity contribution in [2.45, 2.75) is 45.9 Å².